The van der Waals surface area contributed by atoms with E-state index in [-0.39, 0.29) is 5.75 Å². The summed E-state index contributed by atoms with van der Waals surface area (Å²) in [6, 6.07) is 37.1. The van der Waals surface area contributed by atoms with E-state index in [1.54, 1.807) is 12.1 Å². The summed E-state index contributed by atoms with van der Waals surface area (Å²) in [7, 11) is -2.09. The fourth-order valence-electron chi connectivity index (χ4n) is 5.79. The molecule has 0 aromatic heterocycles. The van der Waals surface area contributed by atoms with E-state index in [2.05, 4.69) is 91.0 Å². The number of phenolic OH excluding ortho intramolecular Hbond substituents is 2. The van der Waals surface area contributed by atoms with Crippen molar-refractivity contribution in [3.05, 3.63) is 114 Å². The number of hydrogen-bond donors (Lipinski definition) is 2. The van der Waals surface area contributed by atoms with Crippen molar-refractivity contribution in [2.24, 2.45) is 0 Å². The third-order valence-corrected chi connectivity index (χ3v) is 13.0. The number of rotatable bonds is 14. The molecule has 4 aromatic carbocycles. The van der Waals surface area contributed by atoms with Gasteiger partial charge >= 0.3 is 196 Å². The number of unbranched alkanes of at least 4 members (excludes halogenated alkanes) is 7. The molecule has 0 atom stereocenters. The van der Waals surface area contributed by atoms with E-state index in [1.807, 2.05) is 6.92 Å². The van der Waals surface area contributed by atoms with Gasteiger partial charge in [-0.3, -0.25) is 0 Å². The van der Waals surface area contributed by atoms with E-state index in [0.717, 1.165) is 24.0 Å². The Labute approximate surface area is 229 Å². The van der Waals surface area contributed by atoms with Crippen molar-refractivity contribution in [3.8, 4) is 11.5 Å². The van der Waals surface area contributed by atoms with Crippen LogP contribution in [0, 0.1) is 6.92 Å². The summed E-state index contributed by atoms with van der Waals surface area (Å²) in [5.74, 6) is 0.582. The minimum atomic E-state index is -2.09. The Bertz CT molecular complexity index is 1140. The number of phenols is 2. The normalized spacial score (nSPS) is 11.9. The minimum Gasteiger partial charge on any atom is -0.508 e. The van der Waals surface area contributed by atoms with Crippen LogP contribution >= 0.6 is 7.26 Å². The summed E-state index contributed by atoms with van der Waals surface area (Å²) in [5, 5.41) is 24.5. The molecule has 0 saturated heterocycles. The van der Waals surface area contributed by atoms with Crippen LogP contribution in [0.1, 0.15) is 62.5 Å². The van der Waals surface area contributed by atoms with Crippen molar-refractivity contribution in [1.29, 1.82) is 0 Å². The summed E-state index contributed by atoms with van der Waals surface area (Å²) in [4.78, 5) is 0. The zero-order valence-electron chi connectivity index (χ0n) is 22.8. The van der Waals surface area contributed by atoms with E-state index in [0.29, 0.717) is 5.75 Å². The van der Waals surface area contributed by atoms with Crippen molar-refractivity contribution >= 4 is 23.2 Å². The third kappa shape index (κ3) is 7.06. The third-order valence-electron chi connectivity index (χ3n) is 7.94. The first-order valence-corrected chi connectivity index (χ1v) is 16.5. The molecule has 0 amide bonds. The Kier molecular flexibility index (Phi) is 10.4. The molecule has 38 heavy (non-hydrogen) atoms. The van der Waals surface area contributed by atoms with Crippen LogP contribution in [0.4, 0.5) is 0 Å². The molecule has 0 aliphatic heterocycles. The fraction of sp³-hybridized carbons (Fsp3) is 0.314. The topological polar surface area (TPSA) is 40.5 Å². The van der Waals surface area contributed by atoms with Gasteiger partial charge in [-0.1, -0.05) is 0 Å². The zero-order chi connectivity index (χ0) is 26.6. The summed E-state index contributed by atoms with van der Waals surface area (Å²) < 4.78 is 0. The molecule has 0 saturated carbocycles. The Morgan fingerprint density at radius 2 is 0.921 bits per heavy atom. The predicted octanol–water partition coefficient (Wildman–Crippen LogP) is 7.80. The van der Waals surface area contributed by atoms with Crippen molar-refractivity contribution in [1.82, 2.24) is 0 Å². The maximum absolute atomic E-state index is 10.1. The Balaban J connectivity index is 1.28. The summed E-state index contributed by atoms with van der Waals surface area (Å²) in [5.41, 5.74) is 1.58. The zero-order valence-corrected chi connectivity index (χ0v) is 23.8. The summed E-state index contributed by atoms with van der Waals surface area (Å²) >= 11 is 0. The molecule has 0 bridgehead atoms. The molecule has 0 radical (unpaired) electrons. The van der Waals surface area contributed by atoms with Gasteiger partial charge in [0, 0.05) is 0 Å². The average Bonchev–Trinajstić information content (AvgIpc) is 2.96. The molecule has 4 rings (SSSR count). The minimum absolute atomic E-state index is 0.275. The van der Waals surface area contributed by atoms with E-state index < -0.39 is 7.26 Å². The van der Waals surface area contributed by atoms with Crippen LogP contribution in [0.2, 0.25) is 0 Å². The molecule has 0 spiro atoms. The molecule has 200 valence electrons. The molecule has 2 N–H and O–H groups in total. The van der Waals surface area contributed by atoms with Crippen molar-refractivity contribution in [3.63, 3.8) is 0 Å². The number of aromatic hydroxyl groups is 2. The molecule has 0 aliphatic rings. The second kappa shape index (κ2) is 14.2. The molecule has 0 heterocycles. The van der Waals surface area contributed by atoms with Crippen LogP contribution in [0.3, 0.4) is 0 Å². The van der Waals surface area contributed by atoms with E-state index in [9.17, 15) is 10.2 Å². The summed E-state index contributed by atoms with van der Waals surface area (Å²) in [6.07, 6.45) is 11.9. The van der Waals surface area contributed by atoms with Gasteiger partial charge in [0.15, 0.2) is 0 Å². The van der Waals surface area contributed by atoms with Crippen LogP contribution in [-0.2, 0) is 6.42 Å². The second-order valence-corrected chi connectivity index (χ2v) is 14.6. The molecule has 2 nitrogen and oxygen atoms in total. The molecule has 0 fully saturated rings. The smallest absolute Gasteiger partial charge is 0.508 e. The van der Waals surface area contributed by atoms with Gasteiger partial charge in [-0.25, -0.2) is 0 Å². The van der Waals surface area contributed by atoms with Crippen LogP contribution in [-0.4, -0.2) is 16.4 Å². The quantitative estimate of drug-likeness (QED) is 0.1000. The van der Waals surface area contributed by atoms with Crippen molar-refractivity contribution in [2.45, 2.75) is 64.7 Å². The molecule has 3 heteroatoms. The SMILES string of the molecule is Cc1cc(O)c(CCCCCCCCCC[PH](c2ccccc2)(c2ccccc2)c2ccccc2)cc1O. The molecular weight excluding hydrogens is 483 g/mol. The van der Waals surface area contributed by atoms with Gasteiger partial charge in [0.25, 0.3) is 0 Å². The first-order chi connectivity index (χ1) is 18.6. The Morgan fingerprint density at radius 3 is 1.39 bits per heavy atom. The van der Waals surface area contributed by atoms with Gasteiger partial charge in [-0.2, -0.15) is 0 Å². The molecule has 0 aliphatic carbocycles. The van der Waals surface area contributed by atoms with Gasteiger partial charge in [0.2, 0.25) is 0 Å². The summed E-state index contributed by atoms with van der Waals surface area (Å²) in [6.45, 7) is 1.81. The van der Waals surface area contributed by atoms with Gasteiger partial charge < -0.3 is 10.2 Å². The number of hydrogen-bond acceptors (Lipinski definition) is 2. The Hall–Kier alpha value is -3.09. The van der Waals surface area contributed by atoms with Gasteiger partial charge in [0.05, 0.1) is 0 Å². The van der Waals surface area contributed by atoms with Crippen molar-refractivity contribution in [2.75, 3.05) is 6.16 Å². The Morgan fingerprint density at radius 1 is 0.500 bits per heavy atom. The van der Waals surface area contributed by atoms with Crippen LogP contribution in [0.15, 0.2) is 103 Å². The first kappa shape index (κ1) is 27.9. The fourth-order valence-corrected chi connectivity index (χ4v) is 10.7. The molecular formula is C35H43O2P. The van der Waals surface area contributed by atoms with Crippen LogP contribution < -0.4 is 15.9 Å². The standard InChI is InChI=1S/C35H43O2P/c1-29-27-35(37)30(28-34(29)36)19-11-6-4-2-3-5-7-18-26-38(31-20-12-8-13-21-31,32-22-14-9-15-23-32)33-24-16-10-17-25-33/h8-10,12-17,20-25,27-28,36-38H,2-7,11,18-19,26H2,1H3. The molecule has 4 aromatic rings. The first-order valence-electron chi connectivity index (χ1n) is 14.3. The van der Waals surface area contributed by atoms with Gasteiger partial charge in [-0.15, -0.1) is 0 Å². The number of benzene rings is 4. The van der Waals surface area contributed by atoms with E-state index in [4.69, 9.17) is 0 Å². The monoisotopic (exact) mass is 526 g/mol. The number of aryl methyl sites for hydroxylation is 2. The van der Waals surface area contributed by atoms with E-state index in [1.165, 1.54) is 67.0 Å². The van der Waals surface area contributed by atoms with Crippen molar-refractivity contribution < 1.29 is 10.2 Å². The van der Waals surface area contributed by atoms with Gasteiger partial charge in [0.1, 0.15) is 5.75 Å². The van der Waals surface area contributed by atoms with Crippen LogP contribution in [0.5, 0.6) is 11.5 Å². The average molecular weight is 527 g/mol. The molecule has 0 unspecified atom stereocenters. The predicted molar refractivity (Wildman–Crippen MR) is 167 cm³/mol. The second-order valence-electron chi connectivity index (χ2n) is 10.6. The van der Waals surface area contributed by atoms with E-state index >= 15 is 0 Å². The van der Waals surface area contributed by atoms with Gasteiger partial charge in [-0.05, 0) is 18.6 Å². The van der Waals surface area contributed by atoms with Crippen LogP contribution in [0.25, 0.3) is 0 Å². The maximum atomic E-state index is 10.1.